The molecule has 1 fully saturated rings. The van der Waals surface area contributed by atoms with E-state index < -0.39 is 5.41 Å². The first-order valence-electron chi connectivity index (χ1n) is 28.3. The van der Waals surface area contributed by atoms with E-state index in [1.807, 2.05) is 0 Å². The quantitative estimate of drug-likeness (QED) is 0.135. The molecule has 376 valence electrons. The van der Waals surface area contributed by atoms with Crippen LogP contribution in [-0.4, -0.2) is 0 Å². The van der Waals surface area contributed by atoms with Gasteiger partial charge in [0.25, 0.3) is 0 Å². The topological polar surface area (TPSA) is 6.48 Å². The van der Waals surface area contributed by atoms with E-state index >= 15 is 0 Å². The highest BCUT2D eigenvalue weighted by atomic mass is 15.1. The van der Waals surface area contributed by atoms with Gasteiger partial charge >= 0.3 is 0 Å². The minimum atomic E-state index is -0.443. The van der Waals surface area contributed by atoms with Crippen LogP contribution in [0.25, 0.3) is 66.4 Å². The molecule has 0 radical (unpaired) electrons. The van der Waals surface area contributed by atoms with Gasteiger partial charge in [0, 0.05) is 34.0 Å². The number of benzene rings is 12. The Morgan fingerprint density at radius 3 is 1.39 bits per heavy atom. The van der Waals surface area contributed by atoms with Crippen molar-refractivity contribution in [3.05, 3.63) is 313 Å². The normalized spacial score (nSPS) is 13.9. The molecule has 12 aromatic carbocycles. The highest BCUT2D eigenvalue weighted by molar-refractivity contribution is 6.05. The Bertz CT molecular complexity index is 4150. The van der Waals surface area contributed by atoms with Crippen molar-refractivity contribution in [1.82, 2.24) is 0 Å². The van der Waals surface area contributed by atoms with Gasteiger partial charge in [-0.05, 0) is 174 Å². The molecule has 79 heavy (non-hydrogen) atoms. The van der Waals surface area contributed by atoms with Crippen LogP contribution in [0.3, 0.4) is 0 Å². The summed E-state index contributed by atoms with van der Waals surface area (Å²) in [7, 11) is 0. The molecule has 1 spiro atoms. The smallest absolute Gasteiger partial charge is 0.0726 e. The largest absolute Gasteiger partial charge is 0.310 e. The van der Waals surface area contributed by atoms with Crippen LogP contribution in [0, 0.1) is 0 Å². The van der Waals surface area contributed by atoms with Crippen LogP contribution in [0.2, 0.25) is 0 Å². The fourth-order valence-corrected chi connectivity index (χ4v) is 13.8. The summed E-state index contributed by atoms with van der Waals surface area (Å²) < 4.78 is 0. The van der Waals surface area contributed by atoms with Crippen LogP contribution in [0.15, 0.2) is 285 Å². The van der Waals surface area contributed by atoms with Crippen LogP contribution in [0.5, 0.6) is 0 Å². The molecule has 0 atom stereocenters. The van der Waals surface area contributed by atoms with Gasteiger partial charge in [0.1, 0.15) is 0 Å². The Morgan fingerprint density at radius 1 is 0.291 bits per heavy atom. The standard InChI is InChI=1S/C77H58N2/c1-4-19-53(20-5-1)55-35-42-61(43-36-55)78(65-48-49-70-69-31-14-17-34-73(69)77(74(70)52-65)71-32-15-12-29-67(71)68-30-13-16-33-72(68)77)64-27-18-26-60(51-64)57-39-46-63(47-40-57)79(62-44-37-56(38-45-62)54-21-6-2-7-22-54)75-50-41-58-23-10-11-28-66(58)76(75)59-24-8-3-9-25-59/h2-3,6-18,21-53H,1,4-5,19-20H2. The molecule has 0 aliphatic heterocycles. The van der Waals surface area contributed by atoms with Gasteiger partial charge in [-0.2, -0.15) is 0 Å². The molecule has 0 bridgehead atoms. The zero-order valence-electron chi connectivity index (χ0n) is 44.1. The fraction of sp³-hybridized carbons (Fsp3) is 0.0909. The van der Waals surface area contributed by atoms with E-state index in [4.69, 9.17) is 0 Å². The van der Waals surface area contributed by atoms with Gasteiger partial charge in [0.2, 0.25) is 0 Å². The molecule has 2 heteroatoms. The Balaban J connectivity index is 0.859. The zero-order valence-corrected chi connectivity index (χ0v) is 44.1. The fourth-order valence-electron chi connectivity index (χ4n) is 13.8. The van der Waals surface area contributed by atoms with Crippen LogP contribution >= 0.6 is 0 Å². The first-order chi connectivity index (χ1) is 39.2. The Kier molecular flexibility index (Phi) is 11.5. The van der Waals surface area contributed by atoms with E-state index in [0.29, 0.717) is 5.92 Å². The number of hydrogen-bond donors (Lipinski definition) is 0. The number of fused-ring (bicyclic) bond motifs is 11. The molecular formula is C77H58N2. The molecular weight excluding hydrogens is 953 g/mol. The Morgan fingerprint density at radius 2 is 0.759 bits per heavy atom. The average molecular weight is 1010 g/mol. The Labute approximate surface area is 464 Å². The molecule has 15 rings (SSSR count). The summed E-state index contributed by atoms with van der Waals surface area (Å²) in [6.45, 7) is 0. The molecule has 0 amide bonds. The molecule has 0 aromatic heterocycles. The number of anilines is 6. The minimum absolute atomic E-state index is 0.443. The molecule has 2 nitrogen and oxygen atoms in total. The summed E-state index contributed by atoms with van der Waals surface area (Å²) in [6.07, 6.45) is 6.52. The SMILES string of the molecule is c1ccc(-c2ccc(N(c3ccc(-c4cccc(N(c5ccc(C6CCCCC6)cc5)c5ccc6c(c5)C5(c7ccccc7-c7ccccc75)c5ccccc5-6)c4)cc3)c3ccc4ccccc4c3-c3ccccc3)cc2)cc1. The minimum Gasteiger partial charge on any atom is -0.310 e. The van der Waals surface area contributed by atoms with Crippen molar-refractivity contribution in [1.29, 1.82) is 0 Å². The molecule has 0 saturated heterocycles. The number of hydrogen-bond acceptors (Lipinski definition) is 2. The predicted molar refractivity (Wildman–Crippen MR) is 332 cm³/mol. The second kappa shape index (κ2) is 19.5. The van der Waals surface area contributed by atoms with Gasteiger partial charge in [0.15, 0.2) is 0 Å². The third-order valence-electron chi connectivity index (χ3n) is 17.5. The van der Waals surface area contributed by atoms with Gasteiger partial charge in [-0.3, -0.25) is 0 Å². The third kappa shape index (κ3) is 7.85. The van der Waals surface area contributed by atoms with Crippen molar-refractivity contribution < 1.29 is 0 Å². The summed E-state index contributed by atoms with van der Waals surface area (Å²) in [5.74, 6) is 0.624. The van der Waals surface area contributed by atoms with Crippen molar-refractivity contribution in [3.8, 4) is 55.6 Å². The van der Waals surface area contributed by atoms with Crippen molar-refractivity contribution in [2.24, 2.45) is 0 Å². The van der Waals surface area contributed by atoms with Crippen molar-refractivity contribution in [2.45, 2.75) is 43.4 Å². The summed E-state index contributed by atoms with van der Waals surface area (Å²) in [4.78, 5) is 4.93. The maximum atomic E-state index is 2.52. The zero-order chi connectivity index (χ0) is 52.3. The second-order valence-electron chi connectivity index (χ2n) is 21.8. The predicted octanol–water partition coefficient (Wildman–Crippen LogP) is 21.2. The lowest BCUT2D eigenvalue weighted by Gasteiger charge is -2.32. The Hall–Kier alpha value is -9.50. The molecule has 0 N–H and O–H groups in total. The monoisotopic (exact) mass is 1010 g/mol. The van der Waals surface area contributed by atoms with E-state index in [0.717, 1.165) is 45.3 Å². The summed E-state index contributed by atoms with van der Waals surface area (Å²) in [5, 5.41) is 2.44. The molecule has 12 aromatic rings. The summed E-state index contributed by atoms with van der Waals surface area (Å²) >= 11 is 0. The highest BCUT2D eigenvalue weighted by Crippen LogP contribution is 2.63. The van der Waals surface area contributed by atoms with Crippen LogP contribution < -0.4 is 9.80 Å². The highest BCUT2D eigenvalue weighted by Gasteiger charge is 2.51. The lowest BCUT2D eigenvalue weighted by molar-refractivity contribution is 0.443. The van der Waals surface area contributed by atoms with Crippen LogP contribution in [0.1, 0.15) is 65.8 Å². The summed E-state index contributed by atoms with van der Waals surface area (Å²) in [5.41, 5.74) is 25.5. The number of nitrogens with zero attached hydrogens (tertiary/aromatic N) is 2. The lowest BCUT2D eigenvalue weighted by atomic mass is 9.70. The van der Waals surface area contributed by atoms with Gasteiger partial charge in [-0.25, -0.2) is 0 Å². The van der Waals surface area contributed by atoms with Crippen molar-refractivity contribution in [3.63, 3.8) is 0 Å². The molecule has 0 unspecified atom stereocenters. The first-order valence-corrected chi connectivity index (χ1v) is 28.3. The maximum absolute atomic E-state index is 2.52. The van der Waals surface area contributed by atoms with Crippen LogP contribution in [0.4, 0.5) is 34.1 Å². The summed E-state index contributed by atoms with van der Waals surface area (Å²) in [6, 6.07) is 106. The molecule has 0 heterocycles. The van der Waals surface area contributed by atoms with Crippen LogP contribution in [-0.2, 0) is 5.41 Å². The number of rotatable bonds is 10. The third-order valence-corrected chi connectivity index (χ3v) is 17.5. The van der Waals surface area contributed by atoms with Gasteiger partial charge in [-0.1, -0.05) is 238 Å². The van der Waals surface area contributed by atoms with Gasteiger partial charge < -0.3 is 9.80 Å². The van der Waals surface area contributed by atoms with E-state index in [-0.39, 0.29) is 0 Å². The molecule has 3 aliphatic carbocycles. The maximum Gasteiger partial charge on any atom is 0.0726 e. The second-order valence-corrected chi connectivity index (χ2v) is 21.8. The van der Waals surface area contributed by atoms with E-state index in [9.17, 15) is 0 Å². The van der Waals surface area contributed by atoms with E-state index in [2.05, 4.69) is 295 Å². The molecule has 3 aliphatic rings. The average Bonchev–Trinajstić information content (AvgIpc) is 3.51. The van der Waals surface area contributed by atoms with Gasteiger partial charge in [-0.15, -0.1) is 0 Å². The van der Waals surface area contributed by atoms with Gasteiger partial charge in [0.05, 0.1) is 11.1 Å². The molecule has 1 saturated carbocycles. The lowest BCUT2D eigenvalue weighted by Crippen LogP contribution is -2.26. The van der Waals surface area contributed by atoms with Crippen molar-refractivity contribution >= 4 is 44.9 Å². The van der Waals surface area contributed by atoms with E-state index in [1.54, 1.807) is 0 Å². The van der Waals surface area contributed by atoms with Crippen molar-refractivity contribution in [2.75, 3.05) is 9.80 Å². The van der Waals surface area contributed by atoms with E-state index in [1.165, 1.54) is 115 Å². The first kappa shape index (κ1) is 46.8.